The molecule has 16 heavy (non-hydrogen) atoms. The molecule has 0 aromatic heterocycles. The molecule has 1 aromatic carbocycles. The van der Waals surface area contributed by atoms with Gasteiger partial charge in [0.25, 0.3) is 0 Å². The molecule has 0 amide bonds. The summed E-state index contributed by atoms with van der Waals surface area (Å²) in [4.78, 5) is 0. The molecular formula is C11H14Br2FNO. The van der Waals surface area contributed by atoms with E-state index in [0.29, 0.717) is 13.0 Å². The minimum absolute atomic E-state index is 0.354. The molecule has 0 spiro atoms. The molecule has 0 unspecified atom stereocenters. The van der Waals surface area contributed by atoms with Crippen LogP contribution >= 0.6 is 31.9 Å². The second kappa shape index (κ2) is 7.25. The number of rotatable bonds is 6. The van der Waals surface area contributed by atoms with Crippen LogP contribution in [0.3, 0.4) is 0 Å². The molecule has 0 bridgehead atoms. The molecular weight excluding hydrogens is 341 g/mol. The molecule has 1 rings (SSSR count). The Kier molecular flexibility index (Phi) is 6.31. The fraction of sp³-hybridized carbons (Fsp3) is 0.455. The highest BCUT2D eigenvalue weighted by atomic mass is 79.9. The molecule has 1 N–H and O–H groups in total. The van der Waals surface area contributed by atoms with Gasteiger partial charge in [0.2, 0.25) is 0 Å². The number of hydrogen-bond donors (Lipinski definition) is 1. The van der Waals surface area contributed by atoms with Gasteiger partial charge in [-0.05, 0) is 56.6 Å². The molecule has 0 saturated carbocycles. The summed E-state index contributed by atoms with van der Waals surface area (Å²) in [6.07, 6.45) is 0.414. The molecule has 0 heterocycles. The van der Waals surface area contributed by atoms with Crippen LogP contribution in [0.5, 0.6) is 5.75 Å². The largest absolute Gasteiger partial charge is 0.491 e. The zero-order valence-electron chi connectivity index (χ0n) is 9.03. The molecule has 0 fully saturated rings. The molecule has 2 nitrogen and oxygen atoms in total. The van der Waals surface area contributed by atoms with Crippen molar-refractivity contribution in [3.63, 3.8) is 0 Å². The van der Waals surface area contributed by atoms with Crippen molar-refractivity contribution in [1.29, 1.82) is 0 Å². The minimum atomic E-state index is -0.354. The highest BCUT2D eigenvalue weighted by Crippen LogP contribution is 2.34. The van der Waals surface area contributed by atoms with E-state index in [1.54, 1.807) is 0 Å². The van der Waals surface area contributed by atoms with Gasteiger partial charge in [-0.15, -0.1) is 0 Å². The van der Waals surface area contributed by atoms with Crippen LogP contribution in [0.25, 0.3) is 0 Å². The first-order valence-corrected chi connectivity index (χ1v) is 6.59. The second-order valence-corrected chi connectivity index (χ2v) is 5.02. The zero-order valence-corrected chi connectivity index (χ0v) is 12.2. The smallest absolute Gasteiger partial charge is 0.147 e. The van der Waals surface area contributed by atoms with Crippen molar-refractivity contribution < 1.29 is 9.13 Å². The van der Waals surface area contributed by atoms with E-state index in [-0.39, 0.29) is 6.67 Å². The quantitative estimate of drug-likeness (QED) is 0.787. The summed E-state index contributed by atoms with van der Waals surface area (Å²) in [6.45, 7) is 0.827. The number of alkyl halides is 1. The van der Waals surface area contributed by atoms with E-state index in [1.165, 1.54) is 0 Å². The van der Waals surface area contributed by atoms with Crippen LogP contribution in [-0.4, -0.2) is 20.3 Å². The summed E-state index contributed by atoms with van der Waals surface area (Å²) in [5.74, 6) is 0.730. The van der Waals surface area contributed by atoms with Crippen LogP contribution in [0.2, 0.25) is 0 Å². The van der Waals surface area contributed by atoms with E-state index in [9.17, 15) is 4.39 Å². The van der Waals surface area contributed by atoms with Crippen molar-refractivity contribution in [2.75, 3.05) is 20.3 Å². The number of nitrogens with one attached hydrogen (secondary N) is 1. The molecule has 0 atom stereocenters. The Hall–Kier alpha value is -0.130. The van der Waals surface area contributed by atoms with Crippen LogP contribution in [0.4, 0.5) is 4.39 Å². The lowest BCUT2D eigenvalue weighted by atomic mass is 10.2. The molecule has 0 aliphatic rings. The van der Waals surface area contributed by atoms with Crippen LogP contribution in [0, 0.1) is 0 Å². The molecule has 90 valence electrons. The summed E-state index contributed by atoms with van der Waals surface area (Å²) in [5, 5.41) is 3.08. The Bertz CT molecular complexity index is 324. The van der Waals surface area contributed by atoms with Crippen molar-refractivity contribution in [3.05, 3.63) is 26.6 Å². The normalized spacial score (nSPS) is 10.5. The third kappa shape index (κ3) is 4.03. The fourth-order valence-corrected chi connectivity index (χ4v) is 2.80. The van der Waals surface area contributed by atoms with Gasteiger partial charge in [-0.2, -0.15) is 0 Å². The van der Waals surface area contributed by atoms with Gasteiger partial charge in [0.05, 0.1) is 22.2 Å². The predicted molar refractivity (Wildman–Crippen MR) is 70.7 cm³/mol. The lowest BCUT2D eigenvalue weighted by Crippen LogP contribution is -2.06. The average Bonchev–Trinajstić information content (AvgIpc) is 2.23. The van der Waals surface area contributed by atoms with Gasteiger partial charge in [0.1, 0.15) is 5.75 Å². The molecule has 1 aromatic rings. The summed E-state index contributed by atoms with van der Waals surface area (Å²) in [7, 11) is 1.90. The van der Waals surface area contributed by atoms with Gasteiger partial charge in [-0.25, -0.2) is 0 Å². The fourth-order valence-electron chi connectivity index (χ4n) is 1.29. The number of halogens is 3. The van der Waals surface area contributed by atoms with E-state index in [2.05, 4.69) is 37.2 Å². The first-order chi connectivity index (χ1) is 7.69. The van der Waals surface area contributed by atoms with Crippen molar-refractivity contribution >= 4 is 31.9 Å². The third-order valence-electron chi connectivity index (χ3n) is 1.96. The zero-order chi connectivity index (χ0) is 12.0. The summed E-state index contributed by atoms with van der Waals surface area (Å²) in [6, 6.07) is 3.98. The standard InChI is InChI=1S/C11H14Br2FNO/c1-15-7-8-5-9(12)11(10(13)6-8)16-4-2-3-14/h5-6,15H,2-4,7H2,1H3. The van der Waals surface area contributed by atoms with Crippen molar-refractivity contribution in [2.24, 2.45) is 0 Å². The Morgan fingerprint density at radius 1 is 1.31 bits per heavy atom. The number of ether oxygens (including phenoxy) is 1. The molecule has 0 aliphatic carbocycles. The van der Waals surface area contributed by atoms with Crippen molar-refractivity contribution in [1.82, 2.24) is 5.32 Å². The van der Waals surface area contributed by atoms with E-state index in [1.807, 2.05) is 19.2 Å². The Balaban J connectivity index is 2.77. The average molecular weight is 355 g/mol. The van der Waals surface area contributed by atoms with Crippen molar-refractivity contribution in [3.8, 4) is 5.75 Å². The van der Waals surface area contributed by atoms with E-state index < -0.39 is 0 Å². The SMILES string of the molecule is CNCc1cc(Br)c(OCCCF)c(Br)c1. The van der Waals surface area contributed by atoms with Gasteiger partial charge in [0, 0.05) is 13.0 Å². The maximum Gasteiger partial charge on any atom is 0.147 e. The molecule has 0 radical (unpaired) electrons. The van der Waals surface area contributed by atoms with Gasteiger partial charge in [-0.1, -0.05) is 0 Å². The van der Waals surface area contributed by atoms with Gasteiger partial charge in [0.15, 0.2) is 0 Å². The predicted octanol–water partition coefficient (Wildman–Crippen LogP) is 3.67. The van der Waals surface area contributed by atoms with E-state index in [4.69, 9.17) is 4.74 Å². The lowest BCUT2D eigenvalue weighted by Gasteiger charge is -2.11. The monoisotopic (exact) mass is 353 g/mol. The maximum absolute atomic E-state index is 11.9. The first-order valence-electron chi connectivity index (χ1n) is 5.00. The van der Waals surface area contributed by atoms with Crippen molar-refractivity contribution in [2.45, 2.75) is 13.0 Å². The maximum atomic E-state index is 11.9. The molecule has 0 aliphatic heterocycles. The van der Waals surface area contributed by atoms with Gasteiger partial charge >= 0.3 is 0 Å². The lowest BCUT2D eigenvalue weighted by molar-refractivity contribution is 0.286. The number of benzene rings is 1. The Morgan fingerprint density at radius 3 is 2.44 bits per heavy atom. The summed E-state index contributed by atoms with van der Waals surface area (Å²) in [5.41, 5.74) is 1.15. The summed E-state index contributed by atoms with van der Waals surface area (Å²) < 4.78 is 19.2. The first kappa shape index (κ1) is 13.9. The van der Waals surface area contributed by atoms with Crippen LogP contribution in [-0.2, 0) is 6.54 Å². The second-order valence-electron chi connectivity index (χ2n) is 3.31. The highest BCUT2D eigenvalue weighted by molar-refractivity contribution is 9.11. The molecule has 5 heteroatoms. The Morgan fingerprint density at radius 2 is 1.94 bits per heavy atom. The highest BCUT2D eigenvalue weighted by Gasteiger charge is 2.08. The third-order valence-corrected chi connectivity index (χ3v) is 3.14. The van der Waals surface area contributed by atoms with E-state index in [0.717, 1.165) is 26.8 Å². The summed E-state index contributed by atoms with van der Waals surface area (Å²) >= 11 is 6.89. The van der Waals surface area contributed by atoms with Crippen LogP contribution in [0.15, 0.2) is 21.1 Å². The number of hydrogen-bond acceptors (Lipinski definition) is 2. The van der Waals surface area contributed by atoms with Crippen LogP contribution in [0.1, 0.15) is 12.0 Å². The van der Waals surface area contributed by atoms with Crippen LogP contribution < -0.4 is 10.1 Å². The van der Waals surface area contributed by atoms with E-state index >= 15 is 0 Å². The Labute approximate surface area is 112 Å². The molecule has 0 saturated heterocycles. The van der Waals surface area contributed by atoms with Gasteiger partial charge in [-0.3, -0.25) is 4.39 Å². The van der Waals surface area contributed by atoms with Gasteiger partial charge < -0.3 is 10.1 Å². The topological polar surface area (TPSA) is 21.3 Å². The minimum Gasteiger partial charge on any atom is -0.491 e.